The standard InChI is InChI=1S/C24H27F3N4O3/c25-16-11-23(32)31(17-1-2-19(26)20(27)12-17)24(14-16)5-7-30(8-6-24)21-13-22(29-15-28-21)34-18-3-9-33-10-4-18/h1-2,12-13,15-16,18H,3-11,14H2. The number of carbonyl (C=O) groups excluding carboxylic acids is 1. The van der Waals surface area contributed by atoms with Gasteiger partial charge in [-0.3, -0.25) is 4.79 Å². The summed E-state index contributed by atoms with van der Waals surface area (Å²) < 4.78 is 53.4. The van der Waals surface area contributed by atoms with Gasteiger partial charge in [0.1, 0.15) is 24.4 Å². The molecule has 10 heteroatoms. The Balaban J connectivity index is 1.33. The average molecular weight is 476 g/mol. The number of carbonyl (C=O) groups is 1. The highest BCUT2D eigenvalue weighted by Crippen LogP contribution is 2.42. The third kappa shape index (κ3) is 4.55. The minimum Gasteiger partial charge on any atom is -0.474 e. The zero-order valence-corrected chi connectivity index (χ0v) is 18.8. The van der Waals surface area contributed by atoms with E-state index in [0.29, 0.717) is 50.8 Å². The molecule has 34 heavy (non-hydrogen) atoms. The Morgan fingerprint density at radius 2 is 1.82 bits per heavy atom. The van der Waals surface area contributed by atoms with Gasteiger partial charge in [-0.15, -0.1) is 0 Å². The number of aromatic nitrogens is 2. The van der Waals surface area contributed by atoms with E-state index in [4.69, 9.17) is 9.47 Å². The SMILES string of the molecule is O=C1CC(F)CC2(CCN(c3cc(OC4CCOCC4)ncn3)CC2)N1c1ccc(F)c(F)c1. The summed E-state index contributed by atoms with van der Waals surface area (Å²) in [4.78, 5) is 25.0. The fourth-order valence-corrected chi connectivity index (χ4v) is 5.27. The minimum absolute atomic E-state index is 0.0560. The zero-order valence-electron chi connectivity index (χ0n) is 18.8. The molecule has 3 fully saturated rings. The quantitative estimate of drug-likeness (QED) is 0.669. The number of benzene rings is 1. The summed E-state index contributed by atoms with van der Waals surface area (Å²) in [5.41, 5.74) is -0.539. The number of nitrogens with zero attached hydrogens (tertiary/aromatic N) is 4. The molecule has 0 bridgehead atoms. The van der Waals surface area contributed by atoms with Gasteiger partial charge in [-0.25, -0.2) is 23.1 Å². The van der Waals surface area contributed by atoms with Crippen molar-refractivity contribution in [3.8, 4) is 5.88 Å². The topological polar surface area (TPSA) is 67.8 Å². The van der Waals surface area contributed by atoms with Crippen LogP contribution in [0, 0.1) is 11.6 Å². The van der Waals surface area contributed by atoms with Crippen LogP contribution in [0.2, 0.25) is 0 Å². The van der Waals surface area contributed by atoms with Gasteiger partial charge in [0.25, 0.3) is 0 Å². The molecule has 3 aliphatic heterocycles. The van der Waals surface area contributed by atoms with Crippen LogP contribution >= 0.6 is 0 Å². The number of halogens is 3. The first-order valence-corrected chi connectivity index (χ1v) is 11.7. The average Bonchev–Trinajstić information content (AvgIpc) is 2.82. The molecule has 7 nitrogen and oxygen atoms in total. The summed E-state index contributed by atoms with van der Waals surface area (Å²) in [7, 11) is 0. The normalized spacial score (nSPS) is 23.4. The first kappa shape index (κ1) is 22.9. The lowest BCUT2D eigenvalue weighted by molar-refractivity contribution is -0.123. The van der Waals surface area contributed by atoms with E-state index in [1.807, 2.05) is 0 Å². The molecule has 1 amide bonds. The fraction of sp³-hybridized carbons (Fsp3) is 0.542. The van der Waals surface area contributed by atoms with Crippen molar-refractivity contribution in [1.82, 2.24) is 9.97 Å². The Kier molecular flexibility index (Phi) is 6.33. The first-order valence-electron chi connectivity index (χ1n) is 11.7. The number of piperidine rings is 2. The van der Waals surface area contributed by atoms with Gasteiger partial charge in [-0.05, 0) is 25.0 Å². The van der Waals surface area contributed by atoms with Crippen LogP contribution in [-0.2, 0) is 9.53 Å². The largest absolute Gasteiger partial charge is 0.474 e. The number of rotatable bonds is 4. The Morgan fingerprint density at radius 3 is 2.56 bits per heavy atom. The predicted molar refractivity (Wildman–Crippen MR) is 119 cm³/mol. The van der Waals surface area contributed by atoms with Crippen LogP contribution in [0.25, 0.3) is 0 Å². The van der Waals surface area contributed by atoms with Crippen LogP contribution in [-0.4, -0.2) is 60.0 Å². The molecule has 3 aliphatic rings. The van der Waals surface area contributed by atoms with E-state index in [0.717, 1.165) is 25.0 Å². The highest BCUT2D eigenvalue weighted by atomic mass is 19.2. The second kappa shape index (κ2) is 9.40. The molecular formula is C24H27F3N4O3. The summed E-state index contributed by atoms with van der Waals surface area (Å²) >= 11 is 0. The molecule has 1 aromatic carbocycles. The zero-order chi connectivity index (χ0) is 23.7. The van der Waals surface area contributed by atoms with Gasteiger partial charge in [0.15, 0.2) is 11.6 Å². The van der Waals surface area contributed by atoms with E-state index in [-0.39, 0.29) is 24.6 Å². The van der Waals surface area contributed by atoms with Gasteiger partial charge in [0, 0.05) is 50.2 Å². The fourth-order valence-electron chi connectivity index (χ4n) is 5.27. The smallest absolute Gasteiger partial charge is 0.230 e. The van der Waals surface area contributed by atoms with Gasteiger partial charge in [-0.2, -0.15) is 0 Å². The van der Waals surface area contributed by atoms with Gasteiger partial charge in [0.2, 0.25) is 11.8 Å². The number of ether oxygens (including phenoxy) is 2. The number of anilines is 2. The Labute approximate surface area is 195 Å². The third-order valence-corrected chi connectivity index (χ3v) is 6.98. The monoisotopic (exact) mass is 476 g/mol. The molecular weight excluding hydrogens is 449 g/mol. The molecule has 5 rings (SSSR count). The summed E-state index contributed by atoms with van der Waals surface area (Å²) in [6, 6.07) is 5.20. The lowest BCUT2D eigenvalue weighted by Gasteiger charge is -2.52. The maximum Gasteiger partial charge on any atom is 0.230 e. The van der Waals surface area contributed by atoms with Gasteiger partial charge < -0.3 is 19.3 Å². The molecule has 0 aliphatic carbocycles. The van der Waals surface area contributed by atoms with Crippen molar-refractivity contribution in [2.45, 2.75) is 56.3 Å². The number of alkyl halides is 1. The van der Waals surface area contributed by atoms with Crippen LogP contribution in [0.1, 0.15) is 38.5 Å². The molecule has 1 unspecified atom stereocenters. The van der Waals surface area contributed by atoms with Crippen LogP contribution in [0.4, 0.5) is 24.7 Å². The van der Waals surface area contributed by atoms with Crippen LogP contribution in [0.5, 0.6) is 5.88 Å². The van der Waals surface area contributed by atoms with Crippen molar-refractivity contribution in [2.24, 2.45) is 0 Å². The van der Waals surface area contributed by atoms with Gasteiger partial charge in [0.05, 0.1) is 25.2 Å². The summed E-state index contributed by atoms with van der Waals surface area (Å²) in [5, 5.41) is 0. The van der Waals surface area contributed by atoms with Crippen molar-refractivity contribution in [3.63, 3.8) is 0 Å². The summed E-state index contributed by atoms with van der Waals surface area (Å²) in [6.45, 7) is 2.38. The van der Waals surface area contributed by atoms with Crippen LogP contribution in [0.15, 0.2) is 30.6 Å². The highest BCUT2D eigenvalue weighted by Gasteiger charge is 2.49. The molecule has 2 aromatic rings. The second-order valence-electron chi connectivity index (χ2n) is 9.19. The number of hydrogen-bond acceptors (Lipinski definition) is 6. The van der Waals surface area contributed by atoms with Crippen LogP contribution < -0.4 is 14.5 Å². The van der Waals surface area contributed by atoms with Crippen LogP contribution in [0.3, 0.4) is 0 Å². The Hall–Kier alpha value is -2.88. The maximum absolute atomic E-state index is 14.6. The van der Waals surface area contributed by atoms with Gasteiger partial charge >= 0.3 is 0 Å². The Morgan fingerprint density at radius 1 is 1.06 bits per heavy atom. The van der Waals surface area contributed by atoms with Gasteiger partial charge in [-0.1, -0.05) is 0 Å². The van der Waals surface area contributed by atoms with Crippen molar-refractivity contribution in [3.05, 3.63) is 42.2 Å². The lowest BCUT2D eigenvalue weighted by atomic mass is 9.77. The lowest BCUT2D eigenvalue weighted by Crippen LogP contribution is -2.62. The minimum atomic E-state index is -1.26. The van der Waals surface area contributed by atoms with Crippen molar-refractivity contribution < 1.29 is 27.4 Å². The van der Waals surface area contributed by atoms with Crippen molar-refractivity contribution >= 4 is 17.4 Å². The van der Waals surface area contributed by atoms with Crippen molar-refractivity contribution in [1.29, 1.82) is 0 Å². The predicted octanol–water partition coefficient (Wildman–Crippen LogP) is 3.82. The molecule has 4 heterocycles. The molecule has 0 saturated carbocycles. The van der Waals surface area contributed by atoms with E-state index in [1.54, 1.807) is 6.07 Å². The molecule has 0 N–H and O–H groups in total. The molecule has 1 aromatic heterocycles. The summed E-state index contributed by atoms with van der Waals surface area (Å²) in [5.74, 6) is -1.23. The maximum atomic E-state index is 14.6. The van der Waals surface area contributed by atoms with E-state index < -0.39 is 29.3 Å². The number of hydrogen-bond donors (Lipinski definition) is 0. The van der Waals surface area contributed by atoms with E-state index in [2.05, 4.69) is 14.9 Å². The highest BCUT2D eigenvalue weighted by molar-refractivity contribution is 5.96. The van der Waals surface area contributed by atoms with E-state index >= 15 is 0 Å². The molecule has 3 saturated heterocycles. The number of amides is 1. The Bertz CT molecular complexity index is 1040. The molecule has 1 atom stereocenters. The summed E-state index contributed by atoms with van der Waals surface area (Å²) in [6.07, 6.45) is 2.71. The molecule has 182 valence electrons. The van der Waals surface area contributed by atoms with E-state index in [1.165, 1.54) is 17.3 Å². The first-order chi connectivity index (χ1) is 16.4. The third-order valence-electron chi connectivity index (χ3n) is 6.98. The van der Waals surface area contributed by atoms with E-state index in [9.17, 15) is 18.0 Å². The van der Waals surface area contributed by atoms with Crippen molar-refractivity contribution in [2.75, 3.05) is 36.1 Å². The molecule has 1 spiro atoms. The molecule has 0 radical (unpaired) electrons. The second-order valence-corrected chi connectivity index (χ2v) is 9.19.